The number of carbonyl (C=O) groups excluding carboxylic acids is 1. The third-order valence-corrected chi connectivity index (χ3v) is 5.63. The molecule has 6 heteroatoms. The van der Waals surface area contributed by atoms with Crippen LogP contribution < -0.4 is 11.1 Å². The van der Waals surface area contributed by atoms with Gasteiger partial charge >= 0.3 is 6.03 Å². The third kappa shape index (κ3) is 2.60. The molecule has 2 atom stereocenters. The minimum absolute atomic E-state index is 0.0941. The highest BCUT2D eigenvalue weighted by Gasteiger charge is 2.42. The molecule has 124 valence electrons. The molecule has 2 aliphatic rings. The van der Waals surface area contributed by atoms with Crippen molar-refractivity contribution >= 4 is 40.6 Å². The van der Waals surface area contributed by atoms with Crippen molar-refractivity contribution in [3.8, 4) is 0 Å². The molecule has 2 aromatic carbocycles. The molecular formula is C18H17Cl2N3O. The van der Waals surface area contributed by atoms with E-state index in [0.29, 0.717) is 15.7 Å². The third-order valence-electron chi connectivity index (χ3n) is 4.89. The highest BCUT2D eigenvalue weighted by Crippen LogP contribution is 2.44. The van der Waals surface area contributed by atoms with E-state index in [2.05, 4.69) is 11.4 Å². The average molecular weight is 362 g/mol. The van der Waals surface area contributed by atoms with Crippen LogP contribution >= 0.6 is 23.2 Å². The molecule has 2 amide bonds. The van der Waals surface area contributed by atoms with Crippen molar-refractivity contribution in [1.82, 2.24) is 4.90 Å². The van der Waals surface area contributed by atoms with Crippen molar-refractivity contribution in [2.24, 2.45) is 0 Å². The Kier molecular flexibility index (Phi) is 3.82. The summed E-state index contributed by atoms with van der Waals surface area (Å²) in [5.74, 6) is 0. The number of anilines is 2. The largest absolute Gasteiger partial charge is 0.399 e. The highest BCUT2D eigenvalue weighted by molar-refractivity contribution is 6.42. The monoisotopic (exact) mass is 361 g/mol. The molecule has 3 N–H and O–H groups in total. The SMILES string of the molecule is Nc1ccc2c(c1)C[C@@H]1CC[C@H]2N1C(=O)Nc1ccc(Cl)c(Cl)c1. The first-order valence-corrected chi connectivity index (χ1v) is 8.71. The Hall–Kier alpha value is -1.91. The second-order valence-electron chi connectivity index (χ2n) is 6.38. The molecule has 0 aromatic heterocycles. The molecule has 0 aliphatic carbocycles. The molecule has 2 bridgehead atoms. The lowest BCUT2D eigenvalue weighted by Crippen LogP contribution is -2.44. The van der Waals surface area contributed by atoms with Crippen molar-refractivity contribution in [3.05, 3.63) is 57.6 Å². The number of benzene rings is 2. The molecule has 0 spiro atoms. The van der Waals surface area contributed by atoms with Crippen LogP contribution in [0.4, 0.5) is 16.2 Å². The van der Waals surface area contributed by atoms with E-state index in [-0.39, 0.29) is 18.1 Å². The van der Waals surface area contributed by atoms with E-state index >= 15 is 0 Å². The van der Waals surface area contributed by atoms with Gasteiger partial charge in [0, 0.05) is 17.4 Å². The minimum atomic E-state index is -0.0941. The van der Waals surface area contributed by atoms with Gasteiger partial charge in [0.2, 0.25) is 0 Å². The molecule has 0 unspecified atom stereocenters. The number of urea groups is 1. The number of nitrogens with one attached hydrogen (secondary N) is 1. The second kappa shape index (κ2) is 5.87. The maximum absolute atomic E-state index is 12.8. The summed E-state index contributed by atoms with van der Waals surface area (Å²) < 4.78 is 0. The van der Waals surface area contributed by atoms with Gasteiger partial charge in [0.1, 0.15) is 0 Å². The van der Waals surface area contributed by atoms with E-state index in [1.54, 1.807) is 18.2 Å². The van der Waals surface area contributed by atoms with Crippen LogP contribution in [0.15, 0.2) is 36.4 Å². The lowest BCUT2D eigenvalue weighted by Gasteiger charge is -2.36. The zero-order valence-corrected chi connectivity index (χ0v) is 14.4. The Morgan fingerprint density at radius 1 is 1.12 bits per heavy atom. The molecule has 24 heavy (non-hydrogen) atoms. The standard InChI is InChI=1S/C18H17Cl2N3O/c19-15-5-2-12(9-16(15)20)22-18(24)23-13-3-6-17(23)14-4-1-11(21)7-10(14)8-13/h1-2,4-5,7,9,13,17H,3,6,8,21H2,(H,22,24)/t13-,17+/m0/s1. The number of hydrogen-bond acceptors (Lipinski definition) is 2. The van der Waals surface area contributed by atoms with E-state index in [4.69, 9.17) is 28.9 Å². The fourth-order valence-electron chi connectivity index (χ4n) is 3.84. The number of hydrogen-bond donors (Lipinski definition) is 2. The maximum atomic E-state index is 12.8. The van der Waals surface area contributed by atoms with Gasteiger partial charge in [-0.15, -0.1) is 0 Å². The first kappa shape index (κ1) is 15.6. The number of halogens is 2. The number of fused-ring (bicyclic) bond motifs is 4. The summed E-state index contributed by atoms with van der Waals surface area (Å²) in [6, 6.07) is 11.3. The average Bonchev–Trinajstić information content (AvgIpc) is 2.86. The van der Waals surface area contributed by atoms with Crippen LogP contribution in [-0.2, 0) is 6.42 Å². The van der Waals surface area contributed by atoms with Gasteiger partial charge in [0.05, 0.1) is 16.1 Å². The summed E-state index contributed by atoms with van der Waals surface area (Å²) >= 11 is 12.0. The van der Waals surface area contributed by atoms with Crippen LogP contribution in [-0.4, -0.2) is 17.0 Å². The Labute approximate surface area is 150 Å². The van der Waals surface area contributed by atoms with Crippen LogP contribution in [0.3, 0.4) is 0 Å². The van der Waals surface area contributed by atoms with Gasteiger partial charge in [0.15, 0.2) is 0 Å². The van der Waals surface area contributed by atoms with Gasteiger partial charge in [-0.25, -0.2) is 4.79 Å². The Balaban J connectivity index is 1.59. The number of amides is 2. The molecule has 2 aliphatic heterocycles. The molecule has 0 saturated carbocycles. The van der Waals surface area contributed by atoms with Gasteiger partial charge in [-0.05, 0) is 60.7 Å². The van der Waals surface area contributed by atoms with Crippen LogP contribution in [0.25, 0.3) is 0 Å². The summed E-state index contributed by atoms with van der Waals surface area (Å²) in [7, 11) is 0. The van der Waals surface area contributed by atoms with Crippen molar-refractivity contribution in [2.75, 3.05) is 11.1 Å². The summed E-state index contributed by atoms with van der Waals surface area (Å²) in [6.45, 7) is 0. The fourth-order valence-corrected chi connectivity index (χ4v) is 4.14. The summed E-state index contributed by atoms with van der Waals surface area (Å²) in [6.07, 6.45) is 2.84. The molecule has 1 fully saturated rings. The highest BCUT2D eigenvalue weighted by atomic mass is 35.5. The fraction of sp³-hybridized carbons (Fsp3) is 0.278. The van der Waals surface area contributed by atoms with Crippen molar-refractivity contribution in [2.45, 2.75) is 31.3 Å². The maximum Gasteiger partial charge on any atom is 0.322 e. The van der Waals surface area contributed by atoms with Crippen LogP contribution in [0.2, 0.25) is 10.0 Å². The molecular weight excluding hydrogens is 345 g/mol. The van der Waals surface area contributed by atoms with Crippen LogP contribution in [0.5, 0.6) is 0 Å². The lowest BCUT2D eigenvalue weighted by atomic mass is 9.93. The van der Waals surface area contributed by atoms with Gasteiger partial charge in [0.25, 0.3) is 0 Å². The van der Waals surface area contributed by atoms with E-state index in [1.807, 2.05) is 17.0 Å². The number of nitrogen functional groups attached to an aromatic ring is 1. The van der Waals surface area contributed by atoms with Crippen molar-refractivity contribution < 1.29 is 4.79 Å². The Morgan fingerprint density at radius 3 is 2.75 bits per heavy atom. The first-order valence-electron chi connectivity index (χ1n) is 7.95. The van der Waals surface area contributed by atoms with E-state index in [0.717, 1.165) is 24.9 Å². The van der Waals surface area contributed by atoms with Gasteiger partial charge in [-0.2, -0.15) is 0 Å². The Bertz CT molecular complexity index is 824. The molecule has 4 rings (SSSR count). The topological polar surface area (TPSA) is 58.4 Å². The van der Waals surface area contributed by atoms with Crippen molar-refractivity contribution in [1.29, 1.82) is 0 Å². The van der Waals surface area contributed by atoms with Gasteiger partial charge < -0.3 is 16.0 Å². The van der Waals surface area contributed by atoms with E-state index in [9.17, 15) is 4.79 Å². The second-order valence-corrected chi connectivity index (χ2v) is 7.19. The smallest absolute Gasteiger partial charge is 0.322 e. The summed E-state index contributed by atoms with van der Waals surface area (Å²) in [5.41, 5.74) is 9.80. The summed E-state index contributed by atoms with van der Waals surface area (Å²) in [4.78, 5) is 14.8. The molecule has 1 saturated heterocycles. The first-order chi connectivity index (χ1) is 11.5. The predicted molar refractivity (Wildman–Crippen MR) is 97.6 cm³/mol. The molecule has 2 heterocycles. The lowest BCUT2D eigenvalue weighted by molar-refractivity contribution is 0.179. The number of nitrogens with two attached hydrogens (primary N) is 1. The molecule has 2 aromatic rings. The van der Waals surface area contributed by atoms with Gasteiger partial charge in [-0.3, -0.25) is 0 Å². The zero-order valence-electron chi connectivity index (χ0n) is 12.9. The molecule has 4 nitrogen and oxygen atoms in total. The predicted octanol–water partition coefficient (Wildman–Crippen LogP) is 4.87. The van der Waals surface area contributed by atoms with Crippen molar-refractivity contribution in [3.63, 3.8) is 0 Å². The van der Waals surface area contributed by atoms with Gasteiger partial charge in [-0.1, -0.05) is 29.3 Å². The number of rotatable bonds is 1. The van der Waals surface area contributed by atoms with E-state index in [1.165, 1.54) is 11.1 Å². The number of carbonyl (C=O) groups is 1. The molecule has 0 radical (unpaired) electrons. The van der Waals surface area contributed by atoms with E-state index < -0.39 is 0 Å². The Morgan fingerprint density at radius 2 is 1.96 bits per heavy atom. The number of nitrogens with zero attached hydrogens (tertiary/aromatic N) is 1. The van der Waals surface area contributed by atoms with Crippen LogP contribution in [0.1, 0.15) is 30.0 Å². The quantitative estimate of drug-likeness (QED) is 0.711. The van der Waals surface area contributed by atoms with Crippen LogP contribution in [0, 0.1) is 0 Å². The summed E-state index contributed by atoms with van der Waals surface area (Å²) in [5, 5.41) is 3.84. The minimum Gasteiger partial charge on any atom is -0.399 e. The zero-order chi connectivity index (χ0) is 16.8. The normalized spacial score (nSPS) is 21.5.